The van der Waals surface area contributed by atoms with Gasteiger partial charge in [0.15, 0.2) is 0 Å². The lowest BCUT2D eigenvalue weighted by atomic mass is 10.9. The molecule has 42 valence electrons. The summed E-state index contributed by atoms with van der Waals surface area (Å²) >= 11 is 0. The molecule has 2 nitrogen and oxygen atoms in total. The Morgan fingerprint density at radius 3 is 2.86 bits per heavy atom. The molecule has 1 aliphatic rings. The molecule has 1 fully saturated rings. The molecule has 7 heavy (non-hydrogen) atoms. The summed E-state index contributed by atoms with van der Waals surface area (Å²) < 4.78 is 7.60. The molecule has 0 N–H and O–H groups in total. The summed E-state index contributed by atoms with van der Waals surface area (Å²) in [7, 11) is -0.209. The Balaban J connectivity index is 1.80. The van der Waals surface area contributed by atoms with Crippen LogP contribution in [0.15, 0.2) is 0 Å². The summed E-state index contributed by atoms with van der Waals surface area (Å²) in [5.41, 5.74) is 0. The predicted molar refractivity (Wildman–Crippen MR) is 31.7 cm³/mol. The molecule has 0 unspecified atom stereocenters. The smallest absolute Gasteiger partial charge is 0.238 e. The third-order valence-electron chi connectivity index (χ3n) is 1.02. The van der Waals surface area contributed by atoms with Gasteiger partial charge >= 0.3 is 0 Å². The van der Waals surface area contributed by atoms with Gasteiger partial charge in [0.1, 0.15) is 0 Å². The Labute approximate surface area is 46.5 Å². The summed E-state index contributed by atoms with van der Waals surface area (Å²) in [5.74, 6) is 0. The fourth-order valence-electron chi connectivity index (χ4n) is 0.420. The van der Waals surface area contributed by atoms with Gasteiger partial charge in [0.2, 0.25) is 9.92 Å². The van der Waals surface area contributed by atoms with Crippen LogP contribution in [0.1, 0.15) is 6.92 Å². The van der Waals surface area contributed by atoms with Crippen LogP contribution >= 0.6 is 0 Å². The molecule has 1 rings (SSSR count). The first-order valence-corrected chi connectivity index (χ1v) is 3.94. The third-order valence-corrected chi connectivity index (χ3v) is 2.61. The van der Waals surface area contributed by atoms with E-state index in [0.717, 1.165) is 6.61 Å². The van der Waals surface area contributed by atoms with Crippen LogP contribution in [0.5, 0.6) is 0 Å². The summed E-state index contributed by atoms with van der Waals surface area (Å²) in [5, 5.41) is 0. The van der Waals surface area contributed by atoms with Gasteiger partial charge in [-0.25, -0.2) is 0 Å². The summed E-state index contributed by atoms with van der Waals surface area (Å²) in [4.78, 5) is 0. The van der Waals surface area contributed by atoms with Crippen molar-refractivity contribution >= 4 is 9.92 Å². The third kappa shape index (κ3) is 2.06. The van der Waals surface area contributed by atoms with E-state index in [2.05, 4.69) is 11.5 Å². The molecule has 0 spiro atoms. The Morgan fingerprint density at radius 2 is 2.43 bits per heavy atom. The minimum Gasteiger partial charge on any atom is -0.409 e. The van der Waals surface area contributed by atoms with E-state index in [1.54, 1.807) is 0 Å². The van der Waals surface area contributed by atoms with Crippen LogP contribution in [-0.2, 0) is 4.43 Å². The van der Waals surface area contributed by atoms with Gasteiger partial charge < -0.3 is 8.99 Å². The molecule has 0 bridgehead atoms. The number of nitrogens with zero attached hydrogens (tertiary/aromatic N) is 1. The molecular weight excluding hydrogens is 106 g/mol. The van der Waals surface area contributed by atoms with Crippen LogP contribution in [0.4, 0.5) is 0 Å². The fourth-order valence-corrected chi connectivity index (χ4v) is 1.26. The minimum atomic E-state index is -0.209. The summed E-state index contributed by atoms with van der Waals surface area (Å²) in [6.45, 7) is 5.55. The lowest BCUT2D eigenvalue weighted by molar-refractivity contribution is 0.341. The first-order valence-electron chi connectivity index (χ1n) is 2.73. The maximum atomic E-state index is 5.22. The van der Waals surface area contributed by atoms with Crippen molar-refractivity contribution in [1.29, 1.82) is 0 Å². The van der Waals surface area contributed by atoms with Crippen molar-refractivity contribution in [2.24, 2.45) is 0 Å². The topological polar surface area (TPSA) is 12.2 Å². The van der Waals surface area contributed by atoms with Gasteiger partial charge in [-0.1, -0.05) is 0 Å². The van der Waals surface area contributed by atoms with Gasteiger partial charge in [-0.05, 0) is 6.92 Å². The van der Waals surface area contributed by atoms with Crippen LogP contribution in [0.2, 0.25) is 0 Å². The SMILES string of the molecule is CCO[SiH2]N1CC1. The first-order chi connectivity index (χ1) is 3.43. The van der Waals surface area contributed by atoms with Crippen LogP contribution in [-0.4, -0.2) is 34.2 Å². The van der Waals surface area contributed by atoms with Crippen molar-refractivity contribution < 1.29 is 4.43 Å². The standard InChI is InChI=1S/C4H11NOSi/c1-2-6-7-5-3-4-5/h2-4,7H2,1H3. The van der Waals surface area contributed by atoms with Gasteiger partial charge in [0.25, 0.3) is 0 Å². The molecule has 0 radical (unpaired) electrons. The molecule has 0 aromatic carbocycles. The molecule has 0 aromatic rings. The van der Waals surface area contributed by atoms with Crippen molar-refractivity contribution in [3.8, 4) is 0 Å². The average Bonchev–Trinajstić information content (AvgIpc) is 2.42. The van der Waals surface area contributed by atoms with Gasteiger partial charge in [-0.3, -0.25) is 0 Å². The van der Waals surface area contributed by atoms with Crippen molar-refractivity contribution in [1.82, 2.24) is 4.57 Å². The molecule has 0 atom stereocenters. The van der Waals surface area contributed by atoms with E-state index in [1.165, 1.54) is 13.1 Å². The Bertz CT molecular complexity index is 55.7. The zero-order valence-electron chi connectivity index (χ0n) is 4.68. The Hall–Kier alpha value is 0.137. The van der Waals surface area contributed by atoms with Crippen molar-refractivity contribution in [3.63, 3.8) is 0 Å². The van der Waals surface area contributed by atoms with Gasteiger partial charge in [-0.2, -0.15) is 0 Å². The molecule has 0 aromatic heterocycles. The van der Waals surface area contributed by atoms with Crippen LogP contribution in [0.3, 0.4) is 0 Å². The monoisotopic (exact) mass is 117 g/mol. The molecule has 1 aliphatic heterocycles. The van der Waals surface area contributed by atoms with E-state index in [4.69, 9.17) is 4.43 Å². The highest BCUT2D eigenvalue weighted by molar-refractivity contribution is 6.24. The number of hydrogen-bond acceptors (Lipinski definition) is 2. The van der Waals surface area contributed by atoms with E-state index in [1.807, 2.05) is 0 Å². The van der Waals surface area contributed by atoms with Crippen LogP contribution < -0.4 is 0 Å². The highest BCUT2D eigenvalue weighted by Crippen LogP contribution is 1.98. The van der Waals surface area contributed by atoms with Crippen molar-refractivity contribution in [3.05, 3.63) is 0 Å². The number of rotatable bonds is 3. The quantitative estimate of drug-likeness (QED) is 0.359. The normalized spacial score (nSPS) is 21.9. The predicted octanol–water partition coefficient (Wildman–Crippen LogP) is -0.663. The maximum Gasteiger partial charge on any atom is 0.238 e. The lowest BCUT2D eigenvalue weighted by Crippen LogP contribution is -2.08. The molecule has 0 amide bonds. The molecule has 1 saturated heterocycles. The van der Waals surface area contributed by atoms with E-state index in [9.17, 15) is 0 Å². The molecule has 3 heteroatoms. The molecule has 1 heterocycles. The Morgan fingerprint density at radius 1 is 1.71 bits per heavy atom. The molecule has 0 aliphatic carbocycles. The largest absolute Gasteiger partial charge is 0.409 e. The summed E-state index contributed by atoms with van der Waals surface area (Å²) in [6, 6.07) is 0. The maximum absolute atomic E-state index is 5.22. The van der Waals surface area contributed by atoms with E-state index < -0.39 is 0 Å². The van der Waals surface area contributed by atoms with Gasteiger partial charge in [0.05, 0.1) is 0 Å². The van der Waals surface area contributed by atoms with E-state index >= 15 is 0 Å². The first kappa shape index (κ1) is 5.28. The molecular formula is C4H11NOSi. The Kier molecular flexibility index (Phi) is 1.84. The number of hydrogen-bond donors (Lipinski definition) is 0. The average molecular weight is 117 g/mol. The minimum absolute atomic E-state index is 0.209. The second kappa shape index (κ2) is 2.45. The van der Waals surface area contributed by atoms with Crippen molar-refractivity contribution in [2.45, 2.75) is 6.92 Å². The van der Waals surface area contributed by atoms with E-state index in [-0.39, 0.29) is 9.92 Å². The second-order valence-electron chi connectivity index (χ2n) is 1.74. The van der Waals surface area contributed by atoms with Crippen LogP contribution in [0, 0.1) is 0 Å². The molecule has 0 saturated carbocycles. The second-order valence-corrected chi connectivity index (χ2v) is 3.30. The fraction of sp³-hybridized carbons (Fsp3) is 1.00. The zero-order chi connectivity index (χ0) is 5.11. The van der Waals surface area contributed by atoms with Gasteiger partial charge in [-0.15, -0.1) is 0 Å². The zero-order valence-corrected chi connectivity index (χ0v) is 6.10. The lowest BCUT2D eigenvalue weighted by Gasteiger charge is -1.95. The highest BCUT2D eigenvalue weighted by Gasteiger charge is 2.15. The van der Waals surface area contributed by atoms with Crippen LogP contribution in [0.25, 0.3) is 0 Å². The van der Waals surface area contributed by atoms with Gasteiger partial charge in [0, 0.05) is 19.7 Å². The summed E-state index contributed by atoms with van der Waals surface area (Å²) in [6.07, 6.45) is 0. The van der Waals surface area contributed by atoms with Crippen molar-refractivity contribution in [2.75, 3.05) is 19.7 Å². The van der Waals surface area contributed by atoms with E-state index in [0.29, 0.717) is 0 Å². The highest BCUT2D eigenvalue weighted by atomic mass is 28.2.